The number of hydrogen-bond acceptors (Lipinski definition) is 7. The van der Waals surface area contributed by atoms with Crippen molar-refractivity contribution in [3.8, 4) is 22.5 Å². The van der Waals surface area contributed by atoms with Gasteiger partial charge in [-0.05, 0) is 45.7 Å². The molecule has 0 saturated carbocycles. The molecule has 0 fully saturated rings. The largest absolute Gasteiger partial charge is 0.295 e. The quantitative estimate of drug-likeness (QED) is 0.413. The summed E-state index contributed by atoms with van der Waals surface area (Å²) in [5.74, 6) is 0.567. The van der Waals surface area contributed by atoms with Crippen LogP contribution in [0.2, 0.25) is 0 Å². The third-order valence-corrected chi connectivity index (χ3v) is 7.22. The van der Waals surface area contributed by atoms with Gasteiger partial charge in [-0.1, -0.05) is 55.5 Å². The van der Waals surface area contributed by atoms with E-state index in [2.05, 4.69) is 30.6 Å². The minimum absolute atomic E-state index is 0.0262. The summed E-state index contributed by atoms with van der Waals surface area (Å²) in [6.07, 6.45) is 1.68. The molecule has 33 heavy (non-hydrogen) atoms. The van der Waals surface area contributed by atoms with E-state index in [1.54, 1.807) is 17.7 Å². The molecule has 0 aliphatic rings. The number of nitrogens with zero attached hydrogens (tertiary/aromatic N) is 6. The number of hydrogen-bond donors (Lipinski definition) is 1. The number of benzene rings is 2. The number of rotatable bonds is 6. The number of aromatic amines is 1. The van der Waals surface area contributed by atoms with E-state index in [4.69, 9.17) is 0 Å². The molecule has 0 bridgehead atoms. The number of H-pyrrole nitrogens is 1. The van der Waals surface area contributed by atoms with Crippen molar-refractivity contribution < 1.29 is 8.42 Å². The van der Waals surface area contributed by atoms with Crippen molar-refractivity contribution in [1.29, 1.82) is 0 Å². The smallest absolute Gasteiger partial charge is 0.230 e. The number of pyridine rings is 1. The zero-order chi connectivity index (χ0) is 23.0. The highest BCUT2D eigenvalue weighted by atomic mass is 32.2. The molecule has 166 valence electrons. The summed E-state index contributed by atoms with van der Waals surface area (Å²) < 4.78 is 27.2. The van der Waals surface area contributed by atoms with E-state index in [9.17, 15) is 8.42 Å². The third-order valence-electron chi connectivity index (χ3n) is 5.59. The van der Waals surface area contributed by atoms with Gasteiger partial charge in [0, 0.05) is 11.8 Å². The lowest BCUT2D eigenvalue weighted by Crippen LogP contribution is -2.13. The molecule has 1 N–H and O–H groups in total. The van der Waals surface area contributed by atoms with Gasteiger partial charge in [-0.3, -0.25) is 4.57 Å². The van der Waals surface area contributed by atoms with E-state index in [0.717, 1.165) is 27.8 Å². The van der Waals surface area contributed by atoms with Crippen molar-refractivity contribution in [3.63, 3.8) is 0 Å². The summed E-state index contributed by atoms with van der Waals surface area (Å²) in [6, 6.07) is 17.7. The molecular weight excluding hydrogens is 438 g/mol. The van der Waals surface area contributed by atoms with Gasteiger partial charge >= 0.3 is 0 Å². The predicted molar refractivity (Wildman–Crippen MR) is 124 cm³/mol. The summed E-state index contributed by atoms with van der Waals surface area (Å²) in [5, 5.41) is 14.2. The van der Waals surface area contributed by atoms with Crippen LogP contribution in [0.25, 0.3) is 33.7 Å². The topological polar surface area (TPSA) is 119 Å². The number of aryl methyl sites for hydroxylation is 1. The molecule has 3 aromatic heterocycles. The number of nitrogens with one attached hydrogen (secondary N) is 1. The number of fused-ring (bicyclic) bond motifs is 1. The highest BCUT2D eigenvalue weighted by molar-refractivity contribution is 7.91. The number of imidazole rings is 1. The zero-order valence-corrected chi connectivity index (χ0v) is 18.9. The second kappa shape index (κ2) is 8.21. The minimum atomic E-state index is -3.52. The molecule has 0 saturated heterocycles. The molecule has 0 amide bonds. The van der Waals surface area contributed by atoms with E-state index in [0.29, 0.717) is 23.5 Å². The van der Waals surface area contributed by atoms with Crippen LogP contribution >= 0.6 is 0 Å². The van der Waals surface area contributed by atoms with Gasteiger partial charge in [0.2, 0.25) is 15.0 Å². The van der Waals surface area contributed by atoms with Gasteiger partial charge < -0.3 is 0 Å². The molecule has 0 atom stereocenters. The first-order valence-electron chi connectivity index (χ1n) is 10.4. The lowest BCUT2D eigenvalue weighted by Gasteiger charge is -2.11. The third kappa shape index (κ3) is 3.78. The van der Waals surface area contributed by atoms with E-state index in [1.807, 2.05) is 61.5 Å². The van der Waals surface area contributed by atoms with Gasteiger partial charge in [0.1, 0.15) is 5.52 Å². The van der Waals surface area contributed by atoms with E-state index in [1.165, 1.54) is 0 Å². The van der Waals surface area contributed by atoms with Crippen LogP contribution in [0.5, 0.6) is 0 Å². The predicted octanol–water partition coefficient (Wildman–Crippen LogP) is 3.43. The average Bonchev–Trinajstić information content (AvgIpc) is 3.50. The normalized spacial score (nSPS) is 11.8. The van der Waals surface area contributed by atoms with Crippen LogP contribution in [-0.4, -0.2) is 49.3 Å². The molecule has 0 unspecified atom stereocenters. The van der Waals surface area contributed by atoms with Gasteiger partial charge in [-0.15, -0.1) is 5.10 Å². The maximum absolute atomic E-state index is 12.8. The van der Waals surface area contributed by atoms with E-state index in [-0.39, 0.29) is 10.9 Å². The number of sulfone groups is 1. The lowest BCUT2D eigenvalue weighted by atomic mass is 9.98. The zero-order valence-electron chi connectivity index (χ0n) is 18.1. The molecule has 0 spiro atoms. The first kappa shape index (κ1) is 21.0. The van der Waals surface area contributed by atoms with Crippen molar-refractivity contribution >= 4 is 21.0 Å². The molecule has 0 aliphatic carbocycles. The van der Waals surface area contributed by atoms with Crippen molar-refractivity contribution in [3.05, 3.63) is 71.9 Å². The maximum atomic E-state index is 12.8. The Hall–Kier alpha value is -3.92. The van der Waals surface area contributed by atoms with Crippen molar-refractivity contribution in [2.75, 3.05) is 5.75 Å². The number of aromatic nitrogens is 7. The maximum Gasteiger partial charge on any atom is 0.230 e. The first-order chi connectivity index (χ1) is 16.0. The van der Waals surface area contributed by atoms with E-state index >= 15 is 0 Å². The Morgan fingerprint density at radius 3 is 2.45 bits per heavy atom. The Morgan fingerprint density at radius 2 is 1.76 bits per heavy atom. The van der Waals surface area contributed by atoms with Crippen LogP contribution in [0, 0.1) is 6.92 Å². The summed E-state index contributed by atoms with van der Waals surface area (Å²) in [7, 11) is -3.52. The Kier molecular flexibility index (Phi) is 5.21. The van der Waals surface area contributed by atoms with Crippen LogP contribution < -0.4 is 0 Å². The molecule has 0 aliphatic heterocycles. The molecule has 10 heteroatoms. The van der Waals surface area contributed by atoms with E-state index < -0.39 is 9.84 Å². The fraction of sp³-hybridized carbons (Fsp3) is 0.174. The van der Waals surface area contributed by atoms with Crippen molar-refractivity contribution in [2.45, 2.75) is 25.5 Å². The van der Waals surface area contributed by atoms with Crippen LogP contribution in [0.3, 0.4) is 0 Å². The second-order valence-electron chi connectivity index (χ2n) is 7.68. The Morgan fingerprint density at radius 1 is 1.00 bits per heavy atom. The summed E-state index contributed by atoms with van der Waals surface area (Å²) in [5.41, 5.74) is 5.88. The second-order valence-corrected chi connectivity index (χ2v) is 9.85. The van der Waals surface area contributed by atoms with Crippen LogP contribution in [-0.2, 0) is 16.4 Å². The molecular formula is C23H21N7O2S. The number of tetrazole rings is 1. The van der Waals surface area contributed by atoms with Gasteiger partial charge in [0.15, 0.2) is 11.5 Å². The van der Waals surface area contributed by atoms with Crippen molar-refractivity contribution in [2.24, 2.45) is 0 Å². The Bertz CT molecular complexity index is 1540. The van der Waals surface area contributed by atoms with Gasteiger partial charge in [-0.2, -0.15) is 0 Å². The van der Waals surface area contributed by atoms with Gasteiger partial charge in [0.05, 0.1) is 12.3 Å². The minimum Gasteiger partial charge on any atom is -0.295 e. The van der Waals surface area contributed by atoms with Gasteiger partial charge in [0.25, 0.3) is 0 Å². The highest BCUT2D eigenvalue weighted by Crippen LogP contribution is 2.30. The van der Waals surface area contributed by atoms with Crippen LogP contribution in [0.15, 0.2) is 66.0 Å². The lowest BCUT2D eigenvalue weighted by molar-refractivity contribution is 0.576. The highest BCUT2D eigenvalue weighted by Gasteiger charge is 2.23. The molecule has 2 aromatic carbocycles. The molecule has 5 rings (SSSR count). The molecule has 3 heterocycles. The summed E-state index contributed by atoms with van der Waals surface area (Å²) >= 11 is 0. The van der Waals surface area contributed by atoms with Crippen LogP contribution in [0.4, 0.5) is 0 Å². The Labute approximate surface area is 190 Å². The molecule has 5 aromatic rings. The van der Waals surface area contributed by atoms with Crippen molar-refractivity contribution in [1.82, 2.24) is 35.2 Å². The molecule has 0 radical (unpaired) electrons. The average molecular weight is 460 g/mol. The molecule has 9 nitrogen and oxygen atoms in total. The standard InChI is InChI=1S/C23H21N7O2S/c1-3-33(31,32)23-25-20-15(2)12-13-24-22(20)30(23)14-16-8-10-17(11-9-16)18-6-4-5-7-19(18)21-26-28-29-27-21/h4-13H,3,14H2,1-2H3,(H,26,27,28,29). The van der Waals surface area contributed by atoms with Crippen LogP contribution in [0.1, 0.15) is 18.1 Å². The summed E-state index contributed by atoms with van der Waals surface area (Å²) in [6.45, 7) is 3.87. The first-order valence-corrected chi connectivity index (χ1v) is 12.1. The fourth-order valence-corrected chi connectivity index (χ4v) is 4.79. The SMILES string of the molecule is CCS(=O)(=O)c1nc2c(C)ccnc2n1Cc1ccc(-c2ccccc2-c2nnn[nH]2)cc1. The summed E-state index contributed by atoms with van der Waals surface area (Å²) in [4.78, 5) is 8.87. The Balaban J connectivity index is 1.54. The van der Waals surface area contributed by atoms with Gasteiger partial charge in [-0.25, -0.2) is 23.5 Å². The monoisotopic (exact) mass is 459 g/mol. The fourth-order valence-electron chi connectivity index (χ4n) is 3.81.